The molecule has 0 radical (unpaired) electrons. The van der Waals surface area contributed by atoms with Crippen molar-refractivity contribution >= 4 is 11.9 Å². The van der Waals surface area contributed by atoms with Gasteiger partial charge in [0.2, 0.25) is 5.91 Å². The first-order valence-corrected chi connectivity index (χ1v) is 5.71. The van der Waals surface area contributed by atoms with Crippen LogP contribution in [-0.4, -0.2) is 37.2 Å². The van der Waals surface area contributed by atoms with Crippen molar-refractivity contribution in [3.05, 3.63) is 23.8 Å². The number of ether oxygens (including phenoxy) is 2. The van der Waals surface area contributed by atoms with Crippen molar-refractivity contribution in [3.8, 4) is 11.5 Å². The zero-order chi connectivity index (χ0) is 14.4. The average molecular weight is 267 g/mol. The second-order valence-corrected chi connectivity index (χ2v) is 3.99. The molecular weight excluding hydrogens is 250 g/mol. The van der Waals surface area contributed by atoms with E-state index in [9.17, 15) is 9.59 Å². The van der Waals surface area contributed by atoms with Gasteiger partial charge in [-0.05, 0) is 24.6 Å². The molecule has 0 spiro atoms. The standard InChI is InChI=1S/C13H17NO5/c1-8(13(16)17)14-12(15)7-9-4-5-10(18-2)11(6-9)19-3/h4-6,8H,7H2,1-3H3,(H,14,15)(H,16,17)/t8-/m1/s1. The lowest BCUT2D eigenvalue weighted by molar-refractivity contribution is -0.141. The highest BCUT2D eigenvalue weighted by atomic mass is 16.5. The van der Waals surface area contributed by atoms with Crippen molar-refractivity contribution in [1.82, 2.24) is 5.32 Å². The fraction of sp³-hybridized carbons (Fsp3) is 0.385. The Morgan fingerprint density at radius 3 is 2.42 bits per heavy atom. The van der Waals surface area contributed by atoms with Crippen molar-refractivity contribution < 1.29 is 24.2 Å². The van der Waals surface area contributed by atoms with Crippen LogP contribution in [-0.2, 0) is 16.0 Å². The predicted molar refractivity (Wildman–Crippen MR) is 68.5 cm³/mol. The second-order valence-electron chi connectivity index (χ2n) is 3.99. The molecule has 1 atom stereocenters. The van der Waals surface area contributed by atoms with Gasteiger partial charge in [-0.1, -0.05) is 6.07 Å². The molecule has 0 aromatic heterocycles. The summed E-state index contributed by atoms with van der Waals surface area (Å²) in [5.74, 6) is -0.326. The first-order chi connectivity index (χ1) is 8.97. The topological polar surface area (TPSA) is 84.9 Å². The molecule has 1 aromatic carbocycles. The Hall–Kier alpha value is -2.24. The molecule has 1 rings (SSSR count). The fourth-order valence-electron chi connectivity index (χ4n) is 1.53. The largest absolute Gasteiger partial charge is 0.493 e. The summed E-state index contributed by atoms with van der Waals surface area (Å²) in [4.78, 5) is 22.3. The molecule has 0 saturated heterocycles. The zero-order valence-corrected chi connectivity index (χ0v) is 11.1. The van der Waals surface area contributed by atoms with E-state index in [4.69, 9.17) is 14.6 Å². The van der Waals surface area contributed by atoms with Crippen LogP contribution in [0.5, 0.6) is 11.5 Å². The molecule has 0 heterocycles. The molecule has 19 heavy (non-hydrogen) atoms. The van der Waals surface area contributed by atoms with Crippen LogP contribution in [0.2, 0.25) is 0 Å². The van der Waals surface area contributed by atoms with E-state index < -0.39 is 12.0 Å². The molecule has 6 heteroatoms. The number of carbonyl (C=O) groups excluding carboxylic acids is 1. The third-order valence-corrected chi connectivity index (χ3v) is 2.56. The average Bonchev–Trinajstić information content (AvgIpc) is 2.38. The Labute approximate surface area is 111 Å². The van der Waals surface area contributed by atoms with Crippen molar-refractivity contribution in [2.45, 2.75) is 19.4 Å². The molecule has 2 N–H and O–H groups in total. The highest BCUT2D eigenvalue weighted by molar-refractivity contribution is 5.84. The summed E-state index contributed by atoms with van der Waals surface area (Å²) >= 11 is 0. The van der Waals surface area contributed by atoms with Crippen LogP contribution >= 0.6 is 0 Å². The number of methoxy groups -OCH3 is 2. The third-order valence-electron chi connectivity index (χ3n) is 2.56. The minimum absolute atomic E-state index is 0.0813. The van der Waals surface area contributed by atoms with Crippen LogP contribution in [0.25, 0.3) is 0 Å². The highest BCUT2D eigenvalue weighted by Gasteiger charge is 2.14. The van der Waals surface area contributed by atoms with E-state index in [2.05, 4.69) is 5.32 Å². The van der Waals surface area contributed by atoms with E-state index in [0.717, 1.165) is 0 Å². The van der Waals surface area contributed by atoms with Crippen LogP contribution in [0.4, 0.5) is 0 Å². The van der Waals surface area contributed by atoms with E-state index >= 15 is 0 Å². The molecule has 0 unspecified atom stereocenters. The van der Waals surface area contributed by atoms with Crippen molar-refractivity contribution in [1.29, 1.82) is 0 Å². The molecular formula is C13H17NO5. The lowest BCUT2D eigenvalue weighted by atomic mass is 10.1. The van der Waals surface area contributed by atoms with Gasteiger partial charge < -0.3 is 19.9 Å². The molecule has 0 aliphatic heterocycles. The van der Waals surface area contributed by atoms with Crippen molar-refractivity contribution in [2.24, 2.45) is 0 Å². The monoisotopic (exact) mass is 267 g/mol. The zero-order valence-electron chi connectivity index (χ0n) is 11.1. The molecule has 0 fully saturated rings. The number of carbonyl (C=O) groups is 2. The number of carboxylic acid groups (broad SMARTS) is 1. The van der Waals surface area contributed by atoms with Crippen LogP contribution in [0.3, 0.4) is 0 Å². The first kappa shape index (κ1) is 14.8. The molecule has 0 aliphatic carbocycles. The number of carboxylic acids is 1. The van der Waals surface area contributed by atoms with Gasteiger partial charge in [-0.2, -0.15) is 0 Å². The number of aliphatic carboxylic acids is 1. The van der Waals surface area contributed by atoms with E-state index in [-0.39, 0.29) is 12.3 Å². The van der Waals surface area contributed by atoms with Gasteiger partial charge in [0, 0.05) is 0 Å². The summed E-state index contributed by atoms with van der Waals surface area (Å²) in [6.45, 7) is 1.41. The van der Waals surface area contributed by atoms with E-state index in [1.54, 1.807) is 18.2 Å². The molecule has 1 amide bonds. The molecule has 104 valence electrons. The van der Waals surface area contributed by atoms with Crippen LogP contribution in [0.1, 0.15) is 12.5 Å². The van der Waals surface area contributed by atoms with Gasteiger partial charge in [0.25, 0.3) is 0 Å². The molecule has 0 aliphatic rings. The Kier molecular flexibility index (Phi) is 5.17. The maximum absolute atomic E-state index is 11.6. The second kappa shape index (κ2) is 6.63. The number of amides is 1. The van der Waals surface area contributed by atoms with Gasteiger partial charge in [0.15, 0.2) is 11.5 Å². The predicted octanol–water partition coefficient (Wildman–Crippen LogP) is 0.836. The van der Waals surface area contributed by atoms with Gasteiger partial charge in [-0.3, -0.25) is 9.59 Å². The quantitative estimate of drug-likeness (QED) is 0.797. The Morgan fingerprint density at radius 1 is 1.26 bits per heavy atom. The van der Waals surface area contributed by atoms with E-state index in [1.165, 1.54) is 21.1 Å². The molecule has 0 bridgehead atoms. The van der Waals surface area contributed by atoms with Gasteiger partial charge in [-0.15, -0.1) is 0 Å². The summed E-state index contributed by atoms with van der Waals surface area (Å²) in [6, 6.07) is 4.20. The number of hydrogen-bond donors (Lipinski definition) is 2. The van der Waals surface area contributed by atoms with Crippen molar-refractivity contribution in [3.63, 3.8) is 0 Å². The number of benzene rings is 1. The smallest absolute Gasteiger partial charge is 0.325 e. The molecule has 0 saturated carbocycles. The molecule has 6 nitrogen and oxygen atoms in total. The van der Waals surface area contributed by atoms with Crippen LogP contribution in [0, 0.1) is 0 Å². The maximum Gasteiger partial charge on any atom is 0.325 e. The Balaban J connectivity index is 2.72. The number of nitrogens with one attached hydrogen (secondary N) is 1. The van der Waals surface area contributed by atoms with Crippen LogP contribution in [0.15, 0.2) is 18.2 Å². The fourth-order valence-corrected chi connectivity index (χ4v) is 1.53. The van der Waals surface area contributed by atoms with Gasteiger partial charge in [0.05, 0.1) is 20.6 Å². The SMILES string of the molecule is COc1ccc(CC(=O)N[C@H](C)C(=O)O)cc1OC. The number of rotatable bonds is 6. The van der Waals surface area contributed by atoms with Crippen LogP contribution < -0.4 is 14.8 Å². The summed E-state index contributed by atoms with van der Waals surface area (Å²) in [6.07, 6.45) is 0.0813. The lowest BCUT2D eigenvalue weighted by Crippen LogP contribution is -2.39. The lowest BCUT2D eigenvalue weighted by Gasteiger charge is -2.11. The summed E-state index contributed by atoms with van der Waals surface area (Å²) in [5.41, 5.74) is 0.715. The first-order valence-electron chi connectivity index (χ1n) is 5.71. The minimum Gasteiger partial charge on any atom is -0.493 e. The summed E-state index contributed by atoms with van der Waals surface area (Å²) < 4.78 is 10.2. The number of hydrogen-bond acceptors (Lipinski definition) is 4. The summed E-state index contributed by atoms with van der Waals surface area (Å²) in [7, 11) is 3.03. The van der Waals surface area contributed by atoms with Gasteiger partial charge in [0.1, 0.15) is 6.04 Å². The minimum atomic E-state index is -1.07. The van der Waals surface area contributed by atoms with Gasteiger partial charge in [-0.25, -0.2) is 0 Å². The Morgan fingerprint density at radius 2 is 1.89 bits per heavy atom. The van der Waals surface area contributed by atoms with Gasteiger partial charge >= 0.3 is 5.97 Å². The maximum atomic E-state index is 11.6. The highest BCUT2D eigenvalue weighted by Crippen LogP contribution is 2.27. The Bertz CT molecular complexity index is 472. The van der Waals surface area contributed by atoms with E-state index in [1.807, 2.05) is 0 Å². The normalized spacial score (nSPS) is 11.5. The van der Waals surface area contributed by atoms with E-state index in [0.29, 0.717) is 17.1 Å². The van der Waals surface area contributed by atoms with Crippen molar-refractivity contribution in [2.75, 3.05) is 14.2 Å². The summed E-state index contributed by atoms with van der Waals surface area (Å²) in [5, 5.41) is 11.1. The third kappa shape index (κ3) is 4.17. The molecule has 1 aromatic rings.